The van der Waals surface area contributed by atoms with Gasteiger partial charge in [0.1, 0.15) is 0 Å². The van der Waals surface area contributed by atoms with E-state index in [1.807, 2.05) is 12.1 Å². The molecule has 38 heavy (non-hydrogen) atoms. The van der Waals surface area contributed by atoms with E-state index in [2.05, 4.69) is 84.6 Å². The monoisotopic (exact) mass is 555 g/mol. The van der Waals surface area contributed by atoms with Gasteiger partial charge in [0.2, 0.25) is 16.2 Å². The summed E-state index contributed by atoms with van der Waals surface area (Å²) in [4.78, 5) is 17.3. The van der Waals surface area contributed by atoms with Crippen molar-refractivity contribution in [1.29, 1.82) is 0 Å². The van der Waals surface area contributed by atoms with Crippen LogP contribution < -0.4 is 15.5 Å². The molecular weight excluding hydrogens is 518 g/mol. The standard InChI is InChI=1S/C26H37N9OS2/c1-26(2,3)35-14-6-19(16-35)15-33-11-8-21(9-12-33)37-18-23(36)29-25-32-31-24(38-25)28-20-7-13-34(17-20)22-5-4-10-27-30-22/h4-6,10,14,16,20-21H,7-9,11-13,15,17-18H2,1-3H3,(H,28,31)(H,29,32,36)/t20-/m1/s1. The summed E-state index contributed by atoms with van der Waals surface area (Å²) in [6.45, 7) is 11.6. The molecule has 12 heteroatoms. The lowest BCUT2D eigenvalue weighted by atomic mass is 10.1. The van der Waals surface area contributed by atoms with Gasteiger partial charge >= 0.3 is 0 Å². The van der Waals surface area contributed by atoms with Crippen molar-refractivity contribution < 1.29 is 4.79 Å². The highest BCUT2D eigenvalue weighted by molar-refractivity contribution is 8.00. The predicted octanol–water partition coefficient (Wildman–Crippen LogP) is 3.91. The molecule has 1 atom stereocenters. The molecule has 204 valence electrons. The van der Waals surface area contributed by atoms with E-state index >= 15 is 0 Å². The number of anilines is 3. The van der Waals surface area contributed by atoms with Crippen molar-refractivity contribution in [1.82, 2.24) is 29.9 Å². The van der Waals surface area contributed by atoms with Gasteiger partial charge in [-0.15, -0.1) is 27.1 Å². The predicted molar refractivity (Wildman–Crippen MR) is 155 cm³/mol. The Balaban J connectivity index is 0.994. The van der Waals surface area contributed by atoms with Crippen LogP contribution in [-0.2, 0) is 16.9 Å². The van der Waals surface area contributed by atoms with Crippen molar-refractivity contribution in [2.24, 2.45) is 0 Å². The number of carbonyl (C=O) groups is 1. The fourth-order valence-electron chi connectivity index (χ4n) is 4.85. The molecule has 0 bridgehead atoms. The number of carbonyl (C=O) groups excluding carboxylic acids is 1. The van der Waals surface area contributed by atoms with E-state index in [0.29, 0.717) is 16.1 Å². The van der Waals surface area contributed by atoms with Gasteiger partial charge in [-0.1, -0.05) is 11.3 Å². The molecule has 2 saturated heterocycles. The number of likely N-dealkylation sites (tertiary alicyclic amines) is 1. The summed E-state index contributed by atoms with van der Waals surface area (Å²) in [6, 6.07) is 6.36. The van der Waals surface area contributed by atoms with E-state index in [9.17, 15) is 4.79 Å². The van der Waals surface area contributed by atoms with Crippen LogP contribution in [0.5, 0.6) is 0 Å². The summed E-state index contributed by atoms with van der Waals surface area (Å²) in [5.41, 5.74) is 1.48. The van der Waals surface area contributed by atoms with Gasteiger partial charge in [-0.2, -0.15) is 5.10 Å². The molecule has 3 aromatic heterocycles. The first-order valence-corrected chi connectivity index (χ1v) is 15.1. The number of hydrogen-bond acceptors (Lipinski definition) is 10. The summed E-state index contributed by atoms with van der Waals surface area (Å²) in [5, 5.41) is 24.7. The van der Waals surface area contributed by atoms with Gasteiger partial charge in [-0.05, 0) is 76.9 Å². The first kappa shape index (κ1) is 26.9. The van der Waals surface area contributed by atoms with E-state index in [0.717, 1.165) is 62.9 Å². The zero-order chi connectivity index (χ0) is 26.5. The Morgan fingerprint density at radius 2 is 1.92 bits per heavy atom. The van der Waals surface area contributed by atoms with E-state index in [4.69, 9.17) is 0 Å². The third-order valence-electron chi connectivity index (χ3n) is 6.99. The highest BCUT2D eigenvalue weighted by atomic mass is 32.2. The molecule has 5 heterocycles. The highest BCUT2D eigenvalue weighted by Crippen LogP contribution is 2.27. The molecule has 0 aromatic carbocycles. The topological polar surface area (TPSA) is 104 Å². The Morgan fingerprint density at radius 3 is 2.66 bits per heavy atom. The Morgan fingerprint density at radius 1 is 1.11 bits per heavy atom. The molecule has 3 aromatic rings. The second-order valence-electron chi connectivity index (χ2n) is 11.0. The number of rotatable bonds is 9. The van der Waals surface area contributed by atoms with Crippen molar-refractivity contribution >= 4 is 45.1 Å². The minimum absolute atomic E-state index is 0.0154. The van der Waals surface area contributed by atoms with Crippen molar-refractivity contribution in [3.63, 3.8) is 0 Å². The number of hydrogen-bond donors (Lipinski definition) is 2. The average Bonchev–Trinajstić information content (AvgIpc) is 3.66. The maximum atomic E-state index is 12.6. The Kier molecular flexibility index (Phi) is 8.49. The summed E-state index contributed by atoms with van der Waals surface area (Å²) in [7, 11) is 0. The van der Waals surface area contributed by atoms with Crippen LogP contribution in [0.15, 0.2) is 36.8 Å². The van der Waals surface area contributed by atoms with Crippen LogP contribution in [0, 0.1) is 0 Å². The van der Waals surface area contributed by atoms with E-state index in [1.165, 1.54) is 16.9 Å². The second-order valence-corrected chi connectivity index (χ2v) is 13.3. The number of nitrogens with one attached hydrogen (secondary N) is 2. The third kappa shape index (κ3) is 7.23. The molecule has 0 spiro atoms. The number of nitrogens with zero attached hydrogens (tertiary/aromatic N) is 7. The summed E-state index contributed by atoms with van der Waals surface area (Å²) < 4.78 is 2.28. The molecule has 0 radical (unpaired) electrons. The quantitative estimate of drug-likeness (QED) is 0.407. The number of aromatic nitrogens is 5. The fourth-order valence-corrected chi connectivity index (χ4v) is 6.59. The SMILES string of the molecule is CC(C)(C)n1ccc(CN2CCC(SCC(=O)Nc3nnc(N[C@@H]4CCN(c5cccnn5)C4)s3)CC2)c1. The molecule has 2 fully saturated rings. The summed E-state index contributed by atoms with van der Waals surface area (Å²) >= 11 is 3.13. The molecule has 2 aliphatic heterocycles. The van der Waals surface area contributed by atoms with Crippen molar-refractivity contribution in [2.45, 2.75) is 63.4 Å². The molecule has 1 amide bonds. The average molecular weight is 556 g/mol. The van der Waals surface area contributed by atoms with Crippen LogP contribution >= 0.6 is 23.1 Å². The maximum absolute atomic E-state index is 12.6. The smallest absolute Gasteiger partial charge is 0.236 e. The minimum Gasteiger partial charge on any atom is -0.355 e. The third-order valence-corrected chi connectivity index (χ3v) is 9.13. The van der Waals surface area contributed by atoms with Gasteiger partial charge in [0.15, 0.2) is 5.82 Å². The first-order chi connectivity index (χ1) is 18.3. The van der Waals surface area contributed by atoms with Crippen LogP contribution in [0.3, 0.4) is 0 Å². The van der Waals surface area contributed by atoms with Gasteiger partial charge in [-0.25, -0.2) is 0 Å². The maximum Gasteiger partial charge on any atom is 0.236 e. The van der Waals surface area contributed by atoms with Gasteiger partial charge < -0.3 is 14.8 Å². The van der Waals surface area contributed by atoms with Crippen LogP contribution in [0.25, 0.3) is 0 Å². The molecule has 5 rings (SSSR count). The van der Waals surface area contributed by atoms with E-state index in [-0.39, 0.29) is 17.5 Å². The Hall–Kier alpha value is -2.70. The Bertz CT molecular complexity index is 1180. The second kappa shape index (κ2) is 12.0. The summed E-state index contributed by atoms with van der Waals surface area (Å²) in [6.07, 6.45) is 9.33. The van der Waals surface area contributed by atoms with Gasteiger partial charge in [0.25, 0.3) is 0 Å². The highest BCUT2D eigenvalue weighted by Gasteiger charge is 2.25. The lowest BCUT2D eigenvalue weighted by Gasteiger charge is -2.31. The van der Waals surface area contributed by atoms with E-state index in [1.54, 1.807) is 18.0 Å². The van der Waals surface area contributed by atoms with Gasteiger partial charge in [0.05, 0.1) is 5.75 Å². The molecule has 10 nitrogen and oxygen atoms in total. The van der Waals surface area contributed by atoms with E-state index < -0.39 is 0 Å². The number of thioether (sulfide) groups is 1. The molecule has 0 aliphatic carbocycles. The lowest BCUT2D eigenvalue weighted by molar-refractivity contribution is -0.113. The fraction of sp³-hybridized carbons (Fsp3) is 0.577. The van der Waals surface area contributed by atoms with Crippen molar-refractivity contribution in [3.8, 4) is 0 Å². The number of amides is 1. The first-order valence-electron chi connectivity index (χ1n) is 13.3. The van der Waals surface area contributed by atoms with Crippen molar-refractivity contribution in [3.05, 3.63) is 42.4 Å². The lowest BCUT2D eigenvalue weighted by Crippen LogP contribution is -2.34. The van der Waals surface area contributed by atoms with Gasteiger partial charge in [0, 0.05) is 55.1 Å². The molecule has 0 saturated carbocycles. The van der Waals surface area contributed by atoms with Crippen LogP contribution in [0.1, 0.15) is 45.6 Å². The molecular formula is C26H37N9OS2. The van der Waals surface area contributed by atoms with Crippen LogP contribution in [0.2, 0.25) is 0 Å². The largest absolute Gasteiger partial charge is 0.355 e. The van der Waals surface area contributed by atoms with Crippen LogP contribution in [-0.4, -0.2) is 79.0 Å². The molecule has 2 aliphatic rings. The zero-order valence-electron chi connectivity index (χ0n) is 22.3. The summed E-state index contributed by atoms with van der Waals surface area (Å²) in [5.74, 6) is 1.32. The molecule has 2 N–H and O–H groups in total. The minimum atomic E-state index is -0.0154. The van der Waals surface area contributed by atoms with Gasteiger partial charge in [-0.3, -0.25) is 15.0 Å². The number of piperidine rings is 1. The Labute approximate surface area is 232 Å². The zero-order valence-corrected chi connectivity index (χ0v) is 24.0. The van der Waals surface area contributed by atoms with Crippen molar-refractivity contribution in [2.75, 3.05) is 47.5 Å². The normalized spacial score (nSPS) is 19.1. The molecule has 0 unspecified atom stereocenters. The van der Waals surface area contributed by atoms with Crippen LogP contribution in [0.4, 0.5) is 16.1 Å².